The summed E-state index contributed by atoms with van der Waals surface area (Å²) in [6.45, 7) is 6.89. The molecule has 2 saturated heterocycles. The molecule has 128 valence electrons. The van der Waals surface area contributed by atoms with E-state index in [2.05, 4.69) is 42.2 Å². The van der Waals surface area contributed by atoms with Crippen LogP contribution in [0.25, 0.3) is 0 Å². The molecule has 0 N–H and O–H groups in total. The average Bonchev–Trinajstić information content (AvgIpc) is 2.54. The molecule has 0 aliphatic carbocycles. The maximum Gasteiger partial charge on any atom is 0.211 e. The monoisotopic (exact) mass is 336 g/mol. The summed E-state index contributed by atoms with van der Waals surface area (Å²) in [5.74, 6) is 0.565. The second kappa shape index (κ2) is 6.54. The minimum atomic E-state index is -3.05. The normalized spacial score (nSPS) is 26.4. The minimum absolute atomic E-state index is 0.274. The van der Waals surface area contributed by atoms with Crippen LogP contribution in [0.3, 0.4) is 0 Å². The number of likely N-dealkylation sites (tertiary alicyclic amines) is 1. The largest absolute Gasteiger partial charge is 0.302 e. The van der Waals surface area contributed by atoms with E-state index in [-0.39, 0.29) is 5.41 Å². The van der Waals surface area contributed by atoms with E-state index in [0.29, 0.717) is 19.0 Å². The number of sulfonamides is 1. The van der Waals surface area contributed by atoms with E-state index in [9.17, 15) is 8.42 Å². The van der Waals surface area contributed by atoms with Gasteiger partial charge in [0.05, 0.1) is 6.26 Å². The Labute approximate surface area is 140 Å². The van der Waals surface area contributed by atoms with Crippen LogP contribution in [0.5, 0.6) is 0 Å². The lowest BCUT2D eigenvalue weighted by Crippen LogP contribution is -2.52. The molecule has 0 amide bonds. The third-order valence-corrected chi connectivity index (χ3v) is 6.99. The van der Waals surface area contributed by atoms with Gasteiger partial charge in [0.2, 0.25) is 10.0 Å². The third-order valence-electron chi connectivity index (χ3n) is 5.69. The fourth-order valence-electron chi connectivity index (χ4n) is 4.35. The third kappa shape index (κ3) is 3.78. The highest BCUT2D eigenvalue weighted by Crippen LogP contribution is 2.45. The Morgan fingerprint density at radius 1 is 1.17 bits per heavy atom. The van der Waals surface area contributed by atoms with Crippen LogP contribution in [0, 0.1) is 5.41 Å². The van der Waals surface area contributed by atoms with E-state index < -0.39 is 10.0 Å². The van der Waals surface area contributed by atoms with Crippen LogP contribution in [-0.4, -0.2) is 56.6 Å². The molecule has 0 bridgehead atoms. The van der Waals surface area contributed by atoms with E-state index in [1.54, 1.807) is 4.31 Å². The molecule has 3 rings (SSSR count). The summed E-state index contributed by atoms with van der Waals surface area (Å²) in [5.41, 5.74) is 1.70. The van der Waals surface area contributed by atoms with Crippen molar-refractivity contribution in [3.63, 3.8) is 0 Å². The van der Waals surface area contributed by atoms with Gasteiger partial charge in [-0.1, -0.05) is 37.3 Å². The first-order valence-electron chi connectivity index (χ1n) is 8.64. The summed E-state index contributed by atoms with van der Waals surface area (Å²) >= 11 is 0. The molecular weight excluding hydrogens is 308 g/mol. The Kier molecular flexibility index (Phi) is 4.81. The van der Waals surface area contributed by atoms with Crippen LogP contribution >= 0.6 is 0 Å². The van der Waals surface area contributed by atoms with Crippen molar-refractivity contribution in [2.45, 2.75) is 32.1 Å². The van der Waals surface area contributed by atoms with Crippen molar-refractivity contribution in [3.8, 4) is 0 Å². The van der Waals surface area contributed by atoms with Gasteiger partial charge in [-0.3, -0.25) is 0 Å². The lowest BCUT2D eigenvalue weighted by Gasteiger charge is -2.50. The van der Waals surface area contributed by atoms with Crippen molar-refractivity contribution in [1.82, 2.24) is 9.21 Å². The van der Waals surface area contributed by atoms with Crippen LogP contribution in [0.15, 0.2) is 30.3 Å². The zero-order valence-corrected chi connectivity index (χ0v) is 15.1. The van der Waals surface area contributed by atoms with Gasteiger partial charge in [-0.2, -0.15) is 0 Å². The van der Waals surface area contributed by atoms with Crippen molar-refractivity contribution < 1.29 is 8.42 Å². The Morgan fingerprint density at radius 3 is 2.39 bits per heavy atom. The van der Waals surface area contributed by atoms with Crippen molar-refractivity contribution in [2.24, 2.45) is 5.41 Å². The highest BCUT2D eigenvalue weighted by Gasteiger charge is 2.43. The van der Waals surface area contributed by atoms with Crippen molar-refractivity contribution in [1.29, 1.82) is 0 Å². The van der Waals surface area contributed by atoms with E-state index in [1.165, 1.54) is 18.2 Å². The highest BCUT2D eigenvalue weighted by molar-refractivity contribution is 7.88. The maximum atomic E-state index is 11.8. The molecule has 4 nitrogen and oxygen atoms in total. The van der Waals surface area contributed by atoms with Crippen LogP contribution < -0.4 is 0 Å². The molecule has 5 heteroatoms. The van der Waals surface area contributed by atoms with E-state index in [4.69, 9.17) is 0 Å². The maximum absolute atomic E-state index is 11.8. The first-order chi connectivity index (χ1) is 10.9. The second-order valence-electron chi connectivity index (χ2n) is 7.30. The van der Waals surface area contributed by atoms with E-state index in [0.717, 1.165) is 32.5 Å². The molecule has 2 aliphatic heterocycles. The molecule has 0 saturated carbocycles. The minimum Gasteiger partial charge on any atom is -0.302 e. The number of benzene rings is 1. The molecule has 0 aromatic heterocycles. The fraction of sp³-hybridized carbons (Fsp3) is 0.667. The van der Waals surface area contributed by atoms with Crippen LogP contribution in [0.1, 0.15) is 37.7 Å². The van der Waals surface area contributed by atoms with Crippen LogP contribution in [0.4, 0.5) is 0 Å². The number of hydrogen-bond acceptors (Lipinski definition) is 3. The SMILES string of the molecule is CCN1C[C@H](c2ccccc2)CC2(CCN(S(C)(=O)=O)CC2)C1. The van der Waals surface area contributed by atoms with Gasteiger partial charge >= 0.3 is 0 Å². The first-order valence-corrected chi connectivity index (χ1v) is 10.5. The van der Waals surface area contributed by atoms with Crippen molar-refractivity contribution >= 4 is 10.0 Å². The fourth-order valence-corrected chi connectivity index (χ4v) is 5.19. The summed E-state index contributed by atoms with van der Waals surface area (Å²) in [5, 5.41) is 0. The number of nitrogens with zero attached hydrogens (tertiary/aromatic N) is 2. The number of rotatable bonds is 3. The highest BCUT2D eigenvalue weighted by atomic mass is 32.2. The lowest BCUT2D eigenvalue weighted by atomic mass is 9.68. The van der Waals surface area contributed by atoms with Crippen molar-refractivity contribution in [3.05, 3.63) is 35.9 Å². The van der Waals surface area contributed by atoms with Gasteiger partial charge in [-0.25, -0.2) is 12.7 Å². The van der Waals surface area contributed by atoms with Crippen LogP contribution in [-0.2, 0) is 10.0 Å². The van der Waals surface area contributed by atoms with E-state index in [1.807, 2.05) is 0 Å². The zero-order chi connectivity index (χ0) is 16.5. The predicted octanol–water partition coefficient (Wildman–Crippen LogP) is 2.54. The first kappa shape index (κ1) is 16.9. The zero-order valence-electron chi connectivity index (χ0n) is 14.2. The Balaban J connectivity index is 1.77. The number of likely N-dealkylation sites (N-methyl/N-ethyl adjacent to an activating group) is 1. The number of hydrogen-bond donors (Lipinski definition) is 0. The van der Waals surface area contributed by atoms with Gasteiger partial charge in [-0.05, 0) is 42.7 Å². The molecule has 0 radical (unpaired) electrons. The molecule has 2 heterocycles. The summed E-state index contributed by atoms with van der Waals surface area (Å²) in [7, 11) is -3.05. The van der Waals surface area contributed by atoms with Gasteiger partial charge in [0.15, 0.2) is 0 Å². The van der Waals surface area contributed by atoms with Gasteiger partial charge in [0, 0.05) is 26.2 Å². The van der Waals surface area contributed by atoms with Gasteiger partial charge in [0.25, 0.3) is 0 Å². The molecule has 1 spiro atoms. The Morgan fingerprint density at radius 2 is 1.83 bits per heavy atom. The lowest BCUT2D eigenvalue weighted by molar-refractivity contribution is 0.0338. The molecule has 2 aliphatic rings. The molecule has 1 aromatic carbocycles. The molecule has 0 unspecified atom stereocenters. The Hall–Kier alpha value is -0.910. The predicted molar refractivity (Wildman–Crippen MR) is 94.0 cm³/mol. The Bertz CT molecular complexity index is 622. The topological polar surface area (TPSA) is 40.6 Å². The molecular formula is C18H28N2O2S. The smallest absolute Gasteiger partial charge is 0.211 e. The molecule has 1 atom stereocenters. The molecule has 2 fully saturated rings. The van der Waals surface area contributed by atoms with Gasteiger partial charge < -0.3 is 4.90 Å². The van der Waals surface area contributed by atoms with Crippen molar-refractivity contribution in [2.75, 3.05) is 39.0 Å². The average molecular weight is 337 g/mol. The number of piperidine rings is 2. The van der Waals surface area contributed by atoms with Gasteiger partial charge in [0.1, 0.15) is 0 Å². The second-order valence-corrected chi connectivity index (χ2v) is 9.28. The summed E-state index contributed by atoms with van der Waals surface area (Å²) in [4.78, 5) is 2.55. The summed E-state index contributed by atoms with van der Waals surface area (Å²) < 4.78 is 25.2. The standard InChI is InChI=1S/C18H28N2O2S/c1-3-19-14-17(16-7-5-4-6-8-16)13-18(15-19)9-11-20(12-10-18)23(2,21)22/h4-8,17H,3,9-15H2,1-2H3/t17-/m1/s1. The molecule has 1 aromatic rings. The summed E-state index contributed by atoms with van der Waals surface area (Å²) in [6.07, 6.45) is 4.49. The quantitative estimate of drug-likeness (QED) is 0.852. The molecule has 23 heavy (non-hydrogen) atoms. The van der Waals surface area contributed by atoms with Crippen LogP contribution in [0.2, 0.25) is 0 Å². The van der Waals surface area contributed by atoms with E-state index >= 15 is 0 Å². The van der Waals surface area contributed by atoms with Gasteiger partial charge in [-0.15, -0.1) is 0 Å². The summed E-state index contributed by atoms with van der Waals surface area (Å²) in [6, 6.07) is 10.8.